The molecule has 1 aliphatic rings. The second-order valence-electron chi connectivity index (χ2n) is 8.44. The van der Waals surface area contributed by atoms with Gasteiger partial charge in [0.05, 0.1) is 12.1 Å². The summed E-state index contributed by atoms with van der Waals surface area (Å²) >= 11 is 1.89. The molecule has 1 amide bonds. The molecule has 0 unspecified atom stereocenters. The molecule has 0 spiro atoms. The normalized spacial score (nSPS) is 20.9. The first kappa shape index (κ1) is 22.7. The van der Waals surface area contributed by atoms with Crippen molar-refractivity contribution < 1.29 is 9.53 Å². The van der Waals surface area contributed by atoms with Crippen molar-refractivity contribution in [3.63, 3.8) is 0 Å². The number of thioether (sulfide) groups is 1. The van der Waals surface area contributed by atoms with E-state index >= 15 is 0 Å². The van der Waals surface area contributed by atoms with E-state index in [4.69, 9.17) is 4.74 Å². The third-order valence-electron chi connectivity index (χ3n) is 5.15. The molecule has 2 bridgehead atoms. The number of rotatable bonds is 3. The van der Waals surface area contributed by atoms with Gasteiger partial charge >= 0.3 is 0 Å². The molecule has 0 saturated carbocycles. The topological polar surface area (TPSA) is 50.4 Å². The summed E-state index contributed by atoms with van der Waals surface area (Å²) in [6.07, 6.45) is 2.97. The van der Waals surface area contributed by atoms with Gasteiger partial charge in [-0.25, -0.2) is 0 Å². The van der Waals surface area contributed by atoms with Crippen LogP contribution in [0.3, 0.4) is 0 Å². The van der Waals surface area contributed by atoms with Gasteiger partial charge in [0.25, 0.3) is 0 Å². The quantitative estimate of drug-likeness (QED) is 0.715. The molecular formula is C25H34N2O2S. The molecule has 0 fully saturated rings. The first-order valence-electron chi connectivity index (χ1n) is 11.0. The van der Waals surface area contributed by atoms with Crippen molar-refractivity contribution in [2.24, 2.45) is 5.92 Å². The lowest BCUT2D eigenvalue weighted by Gasteiger charge is -2.23. The van der Waals surface area contributed by atoms with Crippen molar-refractivity contribution in [3.8, 4) is 16.9 Å². The minimum absolute atomic E-state index is 0.0553. The molecule has 3 rings (SSSR count). The largest absolute Gasteiger partial charge is 0.491 e. The molecule has 5 heteroatoms. The predicted octanol–water partition coefficient (Wildman–Crippen LogP) is 5.13. The third-order valence-corrected chi connectivity index (χ3v) is 6.31. The molecular weight excluding hydrogens is 392 g/mol. The van der Waals surface area contributed by atoms with E-state index in [0.29, 0.717) is 12.5 Å². The van der Waals surface area contributed by atoms with E-state index in [0.717, 1.165) is 42.9 Å². The number of benzene rings is 2. The summed E-state index contributed by atoms with van der Waals surface area (Å²) in [5.41, 5.74) is 2.41. The highest BCUT2D eigenvalue weighted by Crippen LogP contribution is 2.33. The average molecular weight is 427 g/mol. The fourth-order valence-electron chi connectivity index (χ4n) is 3.53. The van der Waals surface area contributed by atoms with Gasteiger partial charge in [0.2, 0.25) is 5.91 Å². The highest BCUT2D eigenvalue weighted by Gasteiger charge is 2.20. The first-order chi connectivity index (χ1) is 14.5. The second kappa shape index (κ2) is 11.4. The Bertz CT molecular complexity index is 824. The number of hydrogen-bond donors (Lipinski definition) is 2. The molecule has 0 aromatic heterocycles. The van der Waals surface area contributed by atoms with E-state index in [1.807, 2.05) is 30.8 Å². The Morgan fingerprint density at radius 1 is 1.17 bits per heavy atom. The van der Waals surface area contributed by atoms with Crippen molar-refractivity contribution in [2.75, 3.05) is 18.9 Å². The monoisotopic (exact) mass is 426 g/mol. The Hall–Kier alpha value is -1.98. The number of ether oxygens (including phenoxy) is 1. The van der Waals surface area contributed by atoms with Gasteiger partial charge in [-0.1, -0.05) is 50.6 Å². The first-order valence-corrected chi connectivity index (χ1v) is 12.0. The summed E-state index contributed by atoms with van der Waals surface area (Å²) in [4.78, 5) is 14.1. The Balaban J connectivity index is 1.78. The van der Waals surface area contributed by atoms with Crippen LogP contribution in [0, 0.1) is 5.92 Å². The van der Waals surface area contributed by atoms with Crippen LogP contribution in [0.1, 0.15) is 40.0 Å². The molecule has 2 N–H and O–H groups in total. The van der Waals surface area contributed by atoms with Crippen molar-refractivity contribution in [2.45, 2.75) is 57.0 Å². The van der Waals surface area contributed by atoms with Crippen LogP contribution in [0.25, 0.3) is 11.1 Å². The summed E-state index contributed by atoms with van der Waals surface area (Å²) in [5.74, 6) is 2.46. The van der Waals surface area contributed by atoms with Crippen LogP contribution >= 0.6 is 11.8 Å². The summed E-state index contributed by atoms with van der Waals surface area (Å²) < 4.78 is 6.01. The lowest BCUT2D eigenvalue weighted by atomic mass is 10.1. The molecule has 4 nitrogen and oxygen atoms in total. The standard InChI is InChI=1S/C25H34N2O2S/c1-18(2)16-26-23-12-6-7-14-30-24-13-5-4-11-22(24)20-9-8-10-21(15-20)29-17-19(3)27-25(23)28/h4-5,8-11,13,15,18-19,23,26H,6-7,12,14,16-17H2,1-3H3,(H,27,28)/t19-,23+/m1/s1. The van der Waals surface area contributed by atoms with Gasteiger partial charge in [-0.2, -0.15) is 0 Å². The maximum atomic E-state index is 12.8. The fraction of sp³-hybridized carbons (Fsp3) is 0.480. The van der Waals surface area contributed by atoms with Gasteiger partial charge < -0.3 is 15.4 Å². The second-order valence-corrected chi connectivity index (χ2v) is 9.58. The van der Waals surface area contributed by atoms with E-state index < -0.39 is 0 Å². The van der Waals surface area contributed by atoms with Crippen LogP contribution in [0.2, 0.25) is 0 Å². The van der Waals surface area contributed by atoms with E-state index in [1.54, 1.807) is 0 Å². The zero-order valence-electron chi connectivity index (χ0n) is 18.3. The van der Waals surface area contributed by atoms with E-state index in [-0.39, 0.29) is 18.0 Å². The van der Waals surface area contributed by atoms with Crippen molar-refractivity contribution in [3.05, 3.63) is 48.5 Å². The number of carbonyl (C=O) groups excluding carboxylic acids is 1. The van der Waals surface area contributed by atoms with Crippen molar-refractivity contribution in [1.82, 2.24) is 10.6 Å². The molecule has 30 heavy (non-hydrogen) atoms. The zero-order valence-corrected chi connectivity index (χ0v) is 19.1. The molecule has 1 heterocycles. The summed E-state index contributed by atoms with van der Waals surface area (Å²) in [5, 5.41) is 6.58. The number of hydrogen-bond acceptors (Lipinski definition) is 4. The van der Waals surface area contributed by atoms with Gasteiger partial charge in [0, 0.05) is 4.90 Å². The number of carbonyl (C=O) groups is 1. The highest BCUT2D eigenvalue weighted by atomic mass is 32.2. The number of amides is 1. The third kappa shape index (κ3) is 6.78. The minimum atomic E-state index is -0.150. The summed E-state index contributed by atoms with van der Waals surface area (Å²) in [6, 6.07) is 16.6. The molecule has 2 atom stereocenters. The van der Waals surface area contributed by atoms with Crippen LogP contribution < -0.4 is 15.4 Å². The van der Waals surface area contributed by atoms with Crippen LogP contribution in [0.5, 0.6) is 5.75 Å². The van der Waals surface area contributed by atoms with E-state index in [2.05, 4.69) is 60.9 Å². The van der Waals surface area contributed by atoms with Crippen LogP contribution in [0.4, 0.5) is 0 Å². The van der Waals surface area contributed by atoms with Crippen molar-refractivity contribution >= 4 is 17.7 Å². The lowest BCUT2D eigenvalue weighted by Crippen LogP contribution is -2.49. The smallest absolute Gasteiger partial charge is 0.237 e. The Kier molecular flexibility index (Phi) is 8.64. The minimum Gasteiger partial charge on any atom is -0.491 e. The Morgan fingerprint density at radius 3 is 2.83 bits per heavy atom. The zero-order chi connectivity index (χ0) is 21.3. The summed E-state index contributed by atoms with van der Waals surface area (Å²) in [6.45, 7) is 7.62. The van der Waals surface area contributed by atoms with Crippen LogP contribution in [0.15, 0.2) is 53.4 Å². The van der Waals surface area contributed by atoms with Gasteiger partial charge in [0.1, 0.15) is 12.4 Å². The fourth-order valence-corrected chi connectivity index (χ4v) is 4.61. The lowest BCUT2D eigenvalue weighted by molar-refractivity contribution is -0.124. The van der Waals surface area contributed by atoms with E-state index in [1.165, 1.54) is 10.5 Å². The summed E-state index contributed by atoms with van der Waals surface area (Å²) in [7, 11) is 0. The van der Waals surface area contributed by atoms with Crippen LogP contribution in [-0.4, -0.2) is 36.9 Å². The Labute approximate surface area is 185 Å². The molecule has 0 radical (unpaired) electrons. The van der Waals surface area contributed by atoms with Gasteiger partial charge in [-0.05, 0) is 67.3 Å². The number of nitrogens with one attached hydrogen (secondary N) is 2. The maximum Gasteiger partial charge on any atom is 0.237 e. The molecule has 2 aromatic rings. The average Bonchev–Trinajstić information content (AvgIpc) is 2.74. The molecule has 162 valence electrons. The molecule has 1 aliphatic heterocycles. The van der Waals surface area contributed by atoms with Gasteiger partial charge in [-0.15, -0.1) is 11.8 Å². The molecule has 0 saturated heterocycles. The highest BCUT2D eigenvalue weighted by molar-refractivity contribution is 7.99. The maximum absolute atomic E-state index is 12.8. The number of fused-ring (bicyclic) bond motifs is 4. The predicted molar refractivity (Wildman–Crippen MR) is 126 cm³/mol. The molecule has 2 aromatic carbocycles. The van der Waals surface area contributed by atoms with Crippen LogP contribution in [-0.2, 0) is 4.79 Å². The SMILES string of the molecule is CC(C)CN[C@H]1CCCCSc2ccccc2-c2cccc(c2)OC[C@@H](C)NC1=O. The van der Waals surface area contributed by atoms with Gasteiger partial charge in [-0.3, -0.25) is 4.79 Å². The molecule has 0 aliphatic carbocycles. The Morgan fingerprint density at radius 2 is 2.00 bits per heavy atom. The van der Waals surface area contributed by atoms with Crippen molar-refractivity contribution in [1.29, 1.82) is 0 Å². The van der Waals surface area contributed by atoms with Gasteiger partial charge in [0.15, 0.2) is 0 Å². The van der Waals surface area contributed by atoms with E-state index in [9.17, 15) is 4.79 Å².